The molecule has 64 valence electrons. The zero-order valence-electron chi connectivity index (χ0n) is 7.67. The molecule has 0 fully saturated rings. The molecule has 0 aromatic heterocycles. The summed E-state index contributed by atoms with van der Waals surface area (Å²) in [6.45, 7) is 2.11. The van der Waals surface area contributed by atoms with E-state index in [4.69, 9.17) is 11.7 Å². The highest BCUT2D eigenvalue weighted by Crippen LogP contribution is 2.10. The molecular weight excluding hydrogens is 158 g/mol. The minimum Gasteiger partial charge on any atom is -0.192 e. The Bertz CT molecular complexity index is 345. The number of hydrogen-bond acceptors (Lipinski definition) is 1. The summed E-state index contributed by atoms with van der Waals surface area (Å²) < 4.78 is 0. The third kappa shape index (κ3) is 2.36. The Balaban J connectivity index is 3.11. The lowest BCUT2D eigenvalue weighted by Crippen LogP contribution is -1.87. The first kappa shape index (κ1) is 9.36. The van der Waals surface area contributed by atoms with Crippen LogP contribution in [0, 0.1) is 23.7 Å². The molecule has 0 bridgehead atoms. The Morgan fingerprint density at radius 3 is 2.54 bits per heavy atom. The first-order valence-electron chi connectivity index (χ1n) is 4.30. The van der Waals surface area contributed by atoms with Gasteiger partial charge >= 0.3 is 0 Å². The molecule has 0 atom stereocenters. The van der Waals surface area contributed by atoms with Gasteiger partial charge in [-0.2, -0.15) is 5.26 Å². The van der Waals surface area contributed by atoms with Gasteiger partial charge in [-0.1, -0.05) is 19.3 Å². The number of nitrogens with zero attached hydrogens (tertiary/aromatic N) is 1. The minimum atomic E-state index is 0.652. The van der Waals surface area contributed by atoms with Crippen LogP contribution in [0.2, 0.25) is 0 Å². The molecule has 0 heterocycles. The van der Waals surface area contributed by atoms with Gasteiger partial charge in [-0.15, -0.1) is 6.42 Å². The number of nitriles is 1. The summed E-state index contributed by atoms with van der Waals surface area (Å²) in [5.74, 6) is 2.55. The summed E-state index contributed by atoms with van der Waals surface area (Å²) in [5, 5.41) is 8.73. The lowest BCUT2D eigenvalue weighted by molar-refractivity contribution is 0.921. The fraction of sp³-hybridized carbons (Fsp3) is 0.250. The third-order valence-corrected chi connectivity index (χ3v) is 1.83. The molecule has 1 aromatic carbocycles. The fourth-order valence-electron chi connectivity index (χ4n) is 1.27. The van der Waals surface area contributed by atoms with Crippen molar-refractivity contribution in [2.75, 3.05) is 0 Å². The third-order valence-electron chi connectivity index (χ3n) is 1.83. The van der Waals surface area contributed by atoms with E-state index in [9.17, 15) is 0 Å². The van der Waals surface area contributed by atoms with Crippen LogP contribution < -0.4 is 0 Å². The molecule has 0 aliphatic carbocycles. The van der Waals surface area contributed by atoms with E-state index in [0.29, 0.717) is 5.56 Å². The molecule has 0 saturated heterocycles. The van der Waals surface area contributed by atoms with Gasteiger partial charge in [-0.3, -0.25) is 0 Å². The lowest BCUT2D eigenvalue weighted by atomic mass is 10.0. The summed E-state index contributed by atoms with van der Waals surface area (Å²) in [5.41, 5.74) is 2.59. The Morgan fingerprint density at radius 1 is 1.31 bits per heavy atom. The van der Waals surface area contributed by atoms with E-state index in [1.165, 1.54) is 0 Å². The number of hydrogen-bond donors (Lipinski definition) is 0. The standard InChI is InChI=1S/C12H11N/c1-3-5-11-6-10(4-2)7-12(8-11)9-13/h2,6-8H,3,5H2,1H3. The molecule has 0 amide bonds. The van der Waals surface area contributed by atoms with Gasteiger partial charge in [0.2, 0.25) is 0 Å². The minimum absolute atomic E-state index is 0.652. The Labute approximate surface area is 79.0 Å². The number of terminal acetylenes is 1. The van der Waals surface area contributed by atoms with Gasteiger partial charge in [0.05, 0.1) is 11.6 Å². The maximum Gasteiger partial charge on any atom is 0.0992 e. The van der Waals surface area contributed by atoms with E-state index in [1.54, 1.807) is 6.07 Å². The maximum absolute atomic E-state index is 8.73. The highest BCUT2D eigenvalue weighted by atomic mass is 14.2. The Hall–Kier alpha value is -1.73. The van der Waals surface area contributed by atoms with Gasteiger partial charge in [0, 0.05) is 5.56 Å². The van der Waals surface area contributed by atoms with Crippen LogP contribution in [0.25, 0.3) is 0 Å². The van der Waals surface area contributed by atoms with Gasteiger partial charge in [-0.05, 0) is 30.2 Å². The van der Waals surface area contributed by atoms with Gasteiger partial charge in [0.25, 0.3) is 0 Å². The smallest absolute Gasteiger partial charge is 0.0992 e. The van der Waals surface area contributed by atoms with Crippen LogP contribution in [0.15, 0.2) is 18.2 Å². The molecule has 0 radical (unpaired) electrons. The zero-order valence-corrected chi connectivity index (χ0v) is 7.67. The highest BCUT2D eigenvalue weighted by Gasteiger charge is 1.97. The average molecular weight is 169 g/mol. The van der Waals surface area contributed by atoms with Crippen molar-refractivity contribution in [3.63, 3.8) is 0 Å². The number of rotatable bonds is 2. The summed E-state index contributed by atoms with van der Waals surface area (Å²) in [6, 6.07) is 7.70. The lowest BCUT2D eigenvalue weighted by Gasteiger charge is -2.00. The van der Waals surface area contributed by atoms with Crippen molar-refractivity contribution in [2.24, 2.45) is 0 Å². The molecule has 0 aliphatic rings. The molecule has 0 spiro atoms. The van der Waals surface area contributed by atoms with Crippen LogP contribution in [0.5, 0.6) is 0 Å². The first-order chi connectivity index (χ1) is 6.30. The second kappa shape index (κ2) is 4.33. The number of aryl methyl sites for hydroxylation is 1. The molecule has 0 saturated carbocycles. The van der Waals surface area contributed by atoms with Gasteiger partial charge in [0.15, 0.2) is 0 Å². The molecule has 1 aromatic rings. The largest absolute Gasteiger partial charge is 0.192 e. The van der Waals surface area contributed by atoms with Gasteiger partial charge in [-0.25, -0.2) is 0 Å². The van der Waals surface area contributed by atoms with E-state index in [-0.39, 0.29) is 0 Å². The molecule has 0 N–H and O–H groups in total. The summed E-state index contributed by atoms with van der Waals surface area (Å²) >= 11 is 0. The normalized spacial score (nSPS) is 8.85. The fourth-order valence-corrected chi connectivity index (χ4v) is 1.27. The van der Waals surface area contributed by atoms with E-state index < -0.39 is 0 Å². The van der Waals surface area contributed by atoms with Crippen LogP contribution in [0.4, 0.5) is 0 Å². The van der Waals surface area contributed by atoms with E-state index in [2.05, 4.69) is 18.9 Å². The average Bonchev–Trinajstić information content (AvgIpc) is 2.17. The molecule has 0 aliphatic heterocycles. The summed E-state index contributed by atoms with van der Waals surface area (Å²) in [7, 11) is 0. The Morgan fingerprint density at radius 2 is 2.00 bits per heavy atom. The quantitative estimate of drug-likeness (QED) is 0.624. The van der Waals surface area contributed by atoms with Crippen molar-refractivity contribution in [1.82, 2.24) is 0 Å². The second-order valence-corrected chi connectivity index (χ2v) is 2.92. The topological polar surface area (TPSA) is 23.8 Å². The van der Waals surface area contributed by atoms with Crippen LogP contribution in [0.3, 0.4) is 0 Å². The molecule has 1 rings (SSSR count). The number of benzene rings is 1. The first-order valence-corrected chi connectivity index (χ1v) is 4.30. The van der Waals surface area contributed by atoms with Crippen molar-refractivity contribution >= 4 is 0 Å². The second-order valence-electron chi connectivity index (χ2n) is 2.92. The molecule has 0 unspecified atom stereocenters. The molecular formula is C12H11N. The van der Waals surface area contributed by atoms with Crippen LogP contribution in [-0.4, -0.2) is 0 Å². The van der Waals surface area contributed by atoms with Crippen molar-refractivity contribution < 1.29 is 0 Å². The predicted octanol–water partition coefficient (Wildman–Crippen LogP) is 2.49. The monoisotopic (exact) mass is 169 g/mol. The molecule has 1 heteroatoms. The maximum atomic E-state index is 8.73. The van der Waals surface area contributed by atoms with Crippen LogP contribution in [0.1, 0.15) is 30.0 Å². The molecule has 13 heavy (non-hydrogen) atoms. The van der Waals surface area contributed by atoms with Crippen molar-refractivity contribution in [3.05, 3.63) is 34.9 Å². The highest BCUT2D eigenvalue weighted by molar-refractivity contribution is 5.43. The summed E-state index contributed by atoms with van der Waals surface area (Å²) in [4.78, 5) is 0. The van der Waals surface area contributed by atoms with E-state index in [1.807, 2.05) is 12.1 Å². The van der Waals surface area contributed by atoms with Crippen LogP contribution in [-0.2, 0) is 6.42 Å². The summed E-state index contributed by atoms with van der Waals surface area (Å²) in [6.07, 6.45) is 7.32. The van der Waals surface area contributed by atoms with Crippen LogP contribution >= 0.6 is 0 Å². The SMILES string of the molecule is C#Cc1cc(C#N)cc(CCC)c1. The van der Waals surface area contributed by atoms with Gasteiger partial charge in [0.1, 0.15) is 0 Å². The van der Waals surface area contributed by atoms with Crippen molar-refractivity contribution in [3.8, 4) is 18.4 Å². The van der Waals surface area contributed by atoms with E-state index >= 15 is 0 Å². The van der Waals surface area contributed by atoms with E-state index in [0.717, 1.165) is 24.0 Å². The predicted molar refractivity (Wildman–Crippen MR) is 53.1 cm³/mol. The molecule has 1 nitrogen and oxygen atoms in total. The van der Waals surface area contributed by atoms with Crippen molar-refractivity contribution in [2.45, 2.75) is 19.8 Å². The Kier molecular flexibility index (Phi) is 3.12. The van der Waals surface area contributed by atoms with Crippen molar-refractivity contribution in [1.29, 1.82) is 5.26 Å². The zero-order chi connectivity index (χ0) is 9.68. The van der Waals surface area contributed by atoms with Gasteiger partial charge < -0.3 is 0 Å².